The summed E-state index contributed by atoms with van der Waals surface area (Å²) in [7, 11) is -3.58. The Labute approximate surface area is 130 Å². The van der Waals surface area contributed by atoms with Crippen LogP contribution in [0.25, 0.3) is 0 Å². The van der Waals surface area contributed by atoms with Gasteiger partial charge in [-0.05, 0) is 40.5 Å². The fourth-order valence-corrected chi connectivity index (χ4v) is 3.69. The van der Waals surface area contributed by atoms with Crippen molar-refractivity contribution in [3.05, 3.63) is 38.8 Å². The van der Waals surface area contributed by atoms with Crippen LogP contribution in [0, 0.1) is 0 Å². The van der Waals surface area contributed by atoms with Gasteiger partial charge in [0.05, 0.1) is 11.4 Å². The SMILES string of the molecule is CCc1cnc(CNS(=O)(=O)c2ccc(Br)c(N)c2)s1. The van der Waals surface area contributed by atoms with Gasteiger partial charge in [-0.1, -0.05) is 6.92 Å². The van der Waals surface area contributed by atoms with Crippen molar-refractivity contribution in [1.29, 1.82) is 0 Å². The molecule has 2 rings (SSSR count). The highest BCUT2D eigenvalue weighted by Crippen LogP contribution is 2.23. The van der Waals surface area contributed by atoms with E-state index in [0.717, 1.165) is 16.3 Å². The van der Waals surface area contributed by atoms with E-state index < -0.39 is 10.0 Å². The van der Waals surface area contributed by atoms with Gasteiger partial charge >= 0.3 is 0 Å². The number of anilines is 1. The summed E-state index contributed by atoms with van der Waals surface area (Å²) in [6.45, 7) is 2.22. The van der Waals surface area contributed by atoms with Crippen LogP contribution >= 0.6 is 27.3 Å². The second-order valence-corrected chi connectivity index (χ2v) is 7.90. The van der Waals surface area contributed by atoms with Gasteiger partial charge < -0.3 is 5.73 Å². The first-order valence-corrected chi connectivity index (χ1v) is 9.00. The van der Waals surface area contributed by atoms with Crippen LogP contribution in [-0.2, 0) is 23.0 Å². The maximum Gasteiger partial charge on any atom is 0.241 e. The minimum absolute atomic E-state index is 0.144. The van der Waals surface area contributed by atoms with E-state index in [-0.39, 0.29) is 11.4 Å². The summed E-state index contributed by atoms with van der Waals surface area (Å²) in [5.41, 5.74) is 6.08. The molecule has 0 radical (unpaired) electrons. The number of nitrogens with zero attached hydrogens (tertiary/aromatic N) is 1. The zero-order chi connectivity index (χ0) is 14.8. The zero-order valence-electron chi connectivity index (χ0n) is 10.8. The van der Waals surface area contributed by atoms with Gasteiger partial charge in [-0.2, -0.15) is 0 Å². The molecule has 1 heterocycles. The maximum absolute atomic E-state index is 12.1. The van der Waals surface area contributed by atoms with E-state index in [1.807, 2.05) is 6.92 Å². The predicted molar refractivity (Wildman–Crippen MR) is 84.1 cm³/mol. The van der Waals surface area contributed by atoms with Crippen LogP contribution in [0.15, 0.2) is 33.8 Å². The standard InChI is InChI=1S/C12H14BrN3O2S2/c1-2-8-6-15-12(19-8)7-16-20(17,18)9-3-4-10(13)11(14)5-9/h3-6,16H,2,7,14H2,1H3. The monoisotopic (exact) mass is 375 g/mol. The number of hydrogen-bond donors (Lipinski definition) is 2. The molecular weight excluding hydrogens is 362 g/mol. The minimum Gasteiger partial charge on any atom is -0.398 e. The van der Waals surface area contributed by atoms with Crippen molar-refractivity contribution < 1.29 is 8.42 Å². The molecule has 8 heteroatoms. The van der Waals surface area contributed by atoms with Crippen molar-refractivity contribution in [2.75, 3.05) is 5.73 Å². The van der Waals surface area contributed by atoms with Crippen molar-refractivity contribution >= 4 is 43.0 Å². The second-order valence-electron chi connectivity index (χ2n) is 4.08. The normalized spacial score (nSPS) is 11.7. The number of thiazole rings is 1. The largest absolute Gasteiger partial charge is 0.398 e. The van der Waals surface area contributed by atoms with E-state index in [0.29, 0.717) is 10.2 Å². The number of aryl methyl sites for hydroxylation is 1. The van der Waals surface area contributed by atoms with Crippen molar-refractivity contribution in [2.24, 2.45) is 0 Å². The summed E-state index contributed by atoms with van der Waals surface area (Å²) in [5.74, 6) is 0. The Balaban J connectivity index is 2.12. The lowest BCUT2D eigenvalue weighted by molar-refractivity contribution is 0.581. The quantitative estimate of drug-likeness (QED) is 0.786. The van der Waals surface area contributed by atoms with Crippen LogP contribution < -0.4 is 10.5 Å². The summed E-state index contributed by atoms with van der Waals surface area (Å²) in [6, 6.07) is 4.54. The summed E-state index contributed by atoms with van der Waals surface area (Å²) < 4.78 is 27.5. The molecule has 1 aromatic carbocycles. The van der Waals surface area contributed by atoms with Gasteiger partial charge in [-0.3, -0.25) is 0 Å². The molecule has 0 aliphatic heterocycles. The Kier molecular flexibility index (Phi) is 4.79. The number of nitrogens with two attached hydrogens (primary N) is 1. The molecule has 0 aliphatic rings. The topological polar surface area (TPSA) is 85.1 Å². The first-order valence-electron chi connectivity index (χ1n) is 5.90. The number of nitrogen functional groups attached to an aromatic ring is 1. The first-order chi connectivity index (χ1) is 9.42. The Bertz CT molecular complexity index is 713. The molecule has 0 saturated carbocycles. The third-order valence-corrected chi connectivity index (χ3v) is 5.90. The van der Waals surface area contributed by atoms with E-state index >= 15 is 0 Å². The van der Waals surface area contributed by atoms with Gasteiger partial charge in [-0.15, -0.1) is 11.3 Å². The molecule has 2 aromatic rings. The van der Waals surface area contributed by atoms with Gasteiger partial charge in [-0.25, -0.2) is 18.1 Å². The van der Waals surface area contributed by atoms with Crippen LogP contribution in [0.4, 0.5) is 5.69 Å². The molecule has 0 saturated heterocycles. The molecule has 0 spiro atoms. The van der Waals surface area contributed by atoms with Gasteiger partial charge in [0.2, 0.25) is 10.0 Å². The number of halogens is 1. The fourth-order valence-electron chi connectivity index (χ4n) is 1.52. The van der Waals surface area contributed by atoms with Crippen LogP contribution in [0.1, 0.15) is 16.8 Å². The van der Waals surface area contributed by atoms with Gasteiger partial charge in [0.1, 0.15) is 5.01 Å². The summed E-state index contributed by atoms with van der Waals surface area (Å²) >= 11 is 4.74. The van der Waals surface area contributed by atoms with Crippen LogP contribution in [0.2, 0.25) is 0 Å². The van der Waals surface area contributed by atoms with Crippen LogP contribution in [0.3, 0.4) is 0 Å². The van der Waals surface area contributed by atoms with Crippen molar-refractivity contribution in [2.45, 2.75) is 24.8 Å². The van der Waals surface area contributed by atoms with E-state index in [1.165, 1.54) is 23.5 Å². The molecule has 1 aromatic heterocycles. The van der Waals surface area contributed by atoms with Crippen molar-refractivity contribution in [3.8, 4) is 0 Å². The van der Waals surface area contributed by atoms with Crippen molar-refractivity contribution in [1.82, 2.24) is 9.71 Å². The van der Waals surface area contributed by atoms with E-state index in [2.05, 4.69) is 25.6 Å². The molecule has 20 heavy (non-hydrogen) atoms. The predicted octanol–water partition coefficient (Wildman–Crippen LogP) is 2.53. The smallest absolute Gasteiger partial charge is 0.241 e. The average Bonchev–Trinajstić information content (AvgIpc) is 2.87. The van der Waals surface area contributed by atoms with Crippen LogP contribution in [-0.4, -0.2) is 13.4 Å². The lowest BCUT2D eigenvalue weighted by Gasteiger charge is -2.07. The second kappa shape index (κ2) is 6.21. The minimum atomic E-state index is -3.58. The number of rotatable bonds is 5. The molecule has 0 unspecified atom stereocenters. The number of sulfonamides is 1. The Hall–Kier alpha value is -0.960. The summed E-state index contributed by atoms with van der Waals surface area (Å²) in [6.07, 6.45) is 2.67. The lowest BCUT2D eigenvalue weighted by Crippen LogP contribution is -2.23. The number of hydrogen-bond acceptors (Lipinski definition) is 5. The first kappa shape index (κ1) is 15.4. The number of aromatic nitrogens is 1. The summed E-state index contributed by atoms with van der Waals surface area (Å²) in [4.78, 5) is 5.45. The van der Waals surface area contributed by atoms with E-state index in [9.17, 15) is 8.42 Å². The molecule has 5 nitrogen and oxygen atoms in total. The molecule has 0 bridgehead atoms. The molecule has 3 N–H and O–H groups in total. The van der Waals surface area contributed by atoms with Gasteiger partial charge in [0.15, 0.2) is 0 Å². The van der Waals surface area contributed by atoms with Gasteiger partial charge in [0, 0.05) is 21.2 Å². The van der Waals surface area contributed by atoms with E-state index in [1.54, 1.807) is 12.3 Å². The molecule has 0 aliphatic carbocycles. The zero-order valence-corrected chi connectivity index (χ0v) is 14.0. The molecule has 0 fully saturated rings. The average molecular weight is 376 g/mol. The maximum atomic E-state index is 12.1. The van der Waals surface area contributed by atoms with Gasteiger partial charge in [0.25, 0.3) is 0 Å². The Morgan fingerprint density at radius 2 is 2.20 bits per heavy atom. The lowest BCUT2D eigenvalue weighted by atomic mass is 10.3. The Morgan fingerprint density at radius 3 is 2.80 bits per heavy atom. The third kappa shape index (κ3) is 3.57. The molecule has 0 atom stereocenters. The molecule has 0 amide bonds. The summed E-state index contributed by atoms with van der Waals surface area (Å²) in [5, 5.41) is 0.746. The van der Waals surface area contributed by atoms with Crippen molar-refractivity contribution in [3.63, 3.8) is 0 Å². The highest BCUT2D eigenvalue weighted by molar-refractivity contribution is 9.10. The highest BCUT2D eigenvalue weighted by Gasteiger charge is 2.15. The molecule has 108 valence electrons. The Morgan fingerprint density at radius 1 is 1.45 bits per heavy atom. The highest BCUT2D eigenvalue weighted by atomic mass is 79.9. The fraction of sp³-hybridized carbons (Fsp3) is 0.250. The third-order valence-electron chi connectivity index (χ3n) is 2.64. The molecular formula is C12H14BrN3O2S2. The van der Waals surface area contributed by atoms with E-state index in [4.69, 9.17) is 5.73 Å². The number of nitrogens with one attached hydrogen (secondary N) is 1. The number of benzene rings is 1. The van der Waals surface area contributed by atoms with Crippen LogP contribution in [0.5, 0.6) is 0 Å².